The highest BCUT2D eigenvalue weighted by Gasteiger charge is 2.36. The molecule has 0 spiro atoms. The molecule has 3 heterocycles. The van der Waals surface area contributed by atoms with Crippen LogP contribution in [0.5, 0.6) is 11.5 Å². The molecule has 2 saturated heterocycles. The molecule has 224 valence electrons. The number of carbonyl (C=O) groups is 1. The van der Waals surface area contributed by atoms with Gasteiger partial charge < -0.3 is 28.9 Å². The van der Waals surface area contributed by atoms with Gasteiger partial charge in [-0.2, -0.15) is 0 Å². The van der Waals surface area contributed by atoms with E-state index in [9.17, 15) is 14.1 Å². The molecule has 4 atom stereocenters. The van der Waals surface area contributed by atoms with Gasteiger partial charge in [0.2, 0.25) is 0 Å². The predicted octanol–water partition coefficient (Wildman–Crippen LogP) is 4.50. The molecule has 42 heavy (non-hydrogen) atoms. The van der Waals surface area contributed by atoms with Crippen LogP contribution in [-0.4, -0.2) is 71.8 Å². The van der Waals surface area contributed by atoms with Gasteiger partial charge in [-0.15, -0.1) is 0 Å². The van der Waals surface area contributed by atoms with E-state index in [0.29, 0.717) is 35.5 Å². The van der Waals surface area contributed by atoms with Crippen molar-refractivity contribution in [2.45, 2.75) is 50.0 Å². The minimum atomic E-state index is -1.85. The van der Waals surface area contributed by atoms with E-state index in [1.165, 1.54) is 20.6 Å². The maximum absolute atomic E-state index is 13.9. The third-order valence-electron chi connectivity index (χ3n) is 8.79. The van der Waals surface area contributed by atoms with Crippen molar-refractivity contribution in [3.05, 3.63) is 47.5 Å². The van der Waals surface area contributed by atoms with Crippen molar-refractivity contribution in [2.75, 3.05) is 50.1 Å². The van der Waals surface area contributed by atoms with Crippen LogP contribution in [0.4, 0.5) is 11.5 Å². The zero-order valence-corrected chi connectivity index (χ0v) is 25.1. The van der Waals surface area contributed by atoms with Crippen LogP contribution in [-0.2, 0) is 17.4 Å². The molecule has 1 aromatic heterocycles. The minimum absolute atomic E-state index is 0.0871. The van der Waals surface area contributed by atoms with Crippen LogP contribution in [0.3, 0.4) is 0 Å². The quantitative estimate of drug-likeness (QED) is 0.333. The summed E-state index contributed by atoms with van der Waals surface area (Å²) in [5, 5.41) is 14.0. The first kappa shape index (κ1) is 28.5. The normalized spacial score (nSPS) is 22.0. The van der Waals surface area contributed by atoms with E-state index in [-0.39, 0.29) is 35.0 Å². The number of rotatable bonds is 11. The van der Waals surface area contributed by atoms with Crippen molar-refractivity contribution >= 4 is 28.4 Å². The van der Waals surface area contributed by atoms with Gasteiger partial charge in [0.05, 0.1) is 26.9 Å². The van der Waals surface area contributed by atoms with Crippen LogP contribution in [0.2, 0.25) is 0 Å². The number of hydrogen-bond donors (Lipinski definition) is 2. The Morgan fingerprint density at radius 2 is 1.88 bits per heavy atom. The Balaban J connectivity index is 1.31. The van der Waals surface area contributed by atoms with Gasteiger partial charge in [-0.1, -0.05) is 24.2 Å². The zero-order chi connectivity index (χ0) is 29.4. The molecule has 0 bridgehead atoms. The fraction of sp³-hybridized carbons (Fsp3) is 0.484. The smallest absolute Gasteiger partial charge is 0.254 e. The maximum Gasteiger partial charge on any atom is 0.254 e. The highest BCUT2D eigenvalue weighted by Crippen LogP contribution is 2.44. The number of amides is 1. The third-order valence-corrected chi connectivity index (χ3v) is 9.94. The number of aromatic nitrogens is 1. The second-order valence-corrected chi connectivity index (χ2v) is 12.6. The Bertz CT molecular complexity index is 1460. The monoisotopic (exact) mass is 594 g/mol. The van der Waals surface area contributed by atoms with E-state index in [1.807, 2.05) is 12.1 Å². The Morgan fingerprint density at radius 1 is 1.14 bits per heavy atom. The second-order valence-electron chi connectivity index (χ2n) is 11.5. The molecule has 3 fully saturated rings. The molecule has 11 heteroatoms. The summed E-state index contributed by atoms with van der Waals surface area (Å²) in [6.45, 7) is 4.81. The van der Waals surface area contributed by atoms with Gasteiger partial charge in [-0.3, -0.25) is 9.52 Å². The highest BCUT2D eigenvalue weighted by atomic mass is 32.2. The van der Waals surface area contributed by atoms with Gasteiger partial charge in [0.1, 0.15) is 16.4 Å². The number of aliphatic hydroxyl groups is 1. The van der Waals surface area contributed by atoms with E-state index in [1.54, 1.807) is 17.0 Å². The standard InChI is InChI=1S/C31H38N4O6S/c1-19-13-21(19)15-25-28(20-7-4-8-23(14-20)34-10-6-11-34)41-32-30(25)33-42(38)29-26(39-2)16-22(17-27(29)40-3)31(37)35-12-5-9-24(35)18-36/h4,7-8,14,16-17,19,21,24,36H,5-6,9-13,15,18H2,1-3H3,(H,32,33)/t19?,21?,24-,42?/m1/s1. The summed E-state index contributed by atoms with van der Waals surface area (Å²) >= 11 is 0. The lowest BCUT2D eigenvalue weighted by atomic mass is 10.0. The number of likely N-dealkylation sites (tertiary alicyclic amines) is 1. The number of ether oxygens (including phenoxy) is 2. The van der Waals surface area contributed by atoms with Gasteiger partial charge >= 0.3 is 0 Å². The maximum atomic E-state index is 13.9. The largest absolute Gasteiger partial charge is 0.495 e. The Labute approximate surface area is 248 Å². The van der Waals surface area contributed by atoms with E-state index >= 15 is 0 Å². The number of carbonyl (C=O) groups excluding carboxylic acids is 1. The average molecular weight is 595 g/mol. The van der Waals surface area contributed by atoms with Crippen molar-refractivity contribution < 1.29 is 28.1 Å². The van der Waals surface area contributed by atoms with Crippen LogP contribution >= 0.6 is 0 Å². The molecule has 3 aromatic rings. The molecule has 1 saturated carbocycles. The van der Waals surface area contributed by atoms with Crippen LogP contribution in [0, 0.1) is 11.8 Å². The predicted molar refractivity (Wildman–Crippen MR) is 160 cm³/mol. The van der Waals surface area contributed by atoms with E-state index in [0.717, 1.165) is 55.6 Å². The zero-order valence-electron chi connectivity index (χ0n) is 24.3. The third kappa shape index (κ3) is 5.47. The fourth-order valence-electron chi connectivity index (χ4n) is 5.95. The van der Waals surface area contributed by atoms with Gasteiger partial charge in [0.15, 0.2) is 22.6 Å². The molecular formula is C31H38N4O6S. The summed E-state index contributed by atoms with van der Waals surface area (Å²) in [7, 11) is 1.09. The fourth-order valence-corrected chi connectivity index (χ4v) is 7.04. The number of methoxy groups -OCH3 is 2. The summed E-state index contributed by atoms with van der Waals surface area (Å²) in [5.74, 6) is 2.51. The van der Waals surface area contributed by atoms with Crippen molar-refractivity contribution in [2.24, 2.45) is 11.8 Å². The first-order valence-electron chi connectivity index (χ1n) is 14.6. The lowest BCUT2D eigenvalue weighted by Crippen LogP contribution is -2.37. The second kappa shape index (κ2) is 12.0. The van der Waals surface area contributed by atoms with E-state index in [2.05, 4.69) is 33.8 Å². The molecule has 2 aromatic carbocycles. The number of nitrogens with zero attached hydrogens (tertiary/aromatic N) is 3. The van der Waals surface area contributed by atoms with Crippen LogP contribution in [0.25, 0.3) is 11.3 Å². The molecule has 2 aliphatic heterocycles. The lowest BCUT2D eigenvalue weighted by Gasteiger charge is -2.33. The van der Waals surface area contributed by atoms with Crippen molar-refractivity contribution in [3.8, 4) is 22.8 Å². The number of benzene rings is 2. The molecule has 10 nitrogen and oxygen atoms in total. The number of hydrogen-bond acceptors (Lipinski definition) is 8. The molecule has 3 unspecified atom stereocenters. The Morgan fingerprint density at radius 3 is 2.50 bits per heavy atom. The van der Waals surface area contributed by atoms with Crippen LogP contribution in [0.15, 0.2) is 45.8 Å². The van der Waals surface area contributed by atoms with Gasteiger partial charge in [-0.05, 0) is 68.2 Å². The van der Waals surface area contributed by atoms with E-state index < -0.39 is 11.0 Å². The summed E-state index contributed by atoms with van der Waals surface area (Å²) in [6.07, 6.45) is 4.68. The molecule has 1 aliphatic carbocycles. The van der Waals surface area contributed by atoms with Gasteiger partial charge in [-0.25, -0.2) is 4.21 Å². The molecule has 3 aliphatic rings. The van der Waals surface area contributed by atoms with Gasteiger partial charge in [0.25, 0.3) is 5.91 Å². The molecule has 1 amide bonds. The first-order valence-corrected chi connectivity index (χ1v) is 15.8. The summed E-state index contributed by atoms with van der Waals surface area (Å²) in [6, 6.07) is 11.2. The summed E-state index contributed by atoms with van der Waals surface area (Å²) in [5.41, 5.74) is 3.34. The average Bonchev–Trinajstić information content (AvgIpc) is 3.32. The molecule has 6 rings (SSSR count). The summed E-state index contributed by atoms with van der Waals surface area (Å²) in [4.78, 5) is 17.6. The van der Waals surface area contributed by atoms with E-state index in [4.69, 9.17) is 14.0 Å². The van der Waals surface area contributed by atoms with Crippen molar-refractivity contribution in [1.29, 1.82) is 0 Å². The minimum Gasteiger partial charge on any atom is -0.495 e. The van der Waals surface area contributed by atoms with Gasteiger partial charge in [0, 0.05) is 42.0 Å². The molecular weight excluding hydrogens is 556 g/mol. The topological polar surface area (TPSA) is 117 Å². The van der Waals surface area contributed by atoms with Crippen molar-refractivity contribution in [1.82, 2.24) is 10.1 Å². The molecule has 0 radical (unpaired) electrons. The van der Waals surface area contributed by atoms with Crippen LogP contribution in [0.1, 0.15) is 48.5 Å². The first-order chi connectivity index (χ1) is 20.4. The van der Waals surface area contributed by atoms with Crippen LogP contribution < -0.4 is 19.1 Å². The highest BCUT2D eigenvalue weighted by molar-refractivity contribution is 7.86. The number of aliphatic hydroxyl groups excluding tert-OH is 1. The molecule has 2 N–H and O–H groups in total. The SMILES string of the molecule is COc1cc(C(=O)N2CCC[C@@H]2CO)cc(OC)c1S(=O)Nc1noc(-c2cccc(N3CCC3)c2)c1CC1CC1C. The Kier molecular flexibility index (Phi) is 8.13. The number of anilines is 2. The number of nitrogens with one attached hydrogen (secondary N) is 1. The summed E-state index contributed by atoms with van der Waals surface area (Å²) < 4.78 is 34.1. The Hall–Kier alpha value is -3.57. The van der Waals surface area contributed by atoms with Crippen molar-refractivity contribution in [3.63, 3.8) is 0 Å². The lowest BCUT2D eigenvalue weighted by molar-refractivity contribution is 0.0676.